The molecule has 3 rings (SSSR count). The molecule has 0 amide bonds. The minimum Gasteiger partial charge on any atom is -0.382 e. The number of nitrogens with one attached hydrogen (secondary N) is 1. The summed E-state index contributed by atoms with van der Waals surface area (Å²) < 4.78 is 26.2. The Kier molecular flexibility index (Phi) is 3.73. The van der Waals surface area contributed by atoms with E-state index in [4.69, 9.17) is 0 Å². The number of benzene rings is 1. The highest BCUT2D eigenvalue weighted by molar-refractivity contribution is 7.92. The highest BCUT2D eigenvalue weighted by atomic mass is 35.5. The monoisotopic (exact) mass is 288 g/mol. The number of hydrogen-bond donors (Lipinski definition) is 1. The molecule has 1 fully saturated rings. The zero-order chi connectivity index (χ0) is 11.9. The summed E-state index contributed by atoms with van der Waals surface area (Å²) in [5.41, 5.74) is 1.71. The molecular weight excluding hydrogens is 272 g/mol. The van der Waals surface area contributed by atoms with Crippen molar-refractivity contribution in [3.05, 3.63) is 24.3 Å². The third-order valence-electron chi connectivity index (χ3n) is 3.28. The van der Waals surface area contributed by atoms with Crippen LogP contribution in [0.4, 0.5) is 11.4 Å². The highest BCUT2D eigenvalue weighted by Crippen LogP contribution is 2.35. The van der Waals surface area contributed by atoms with E-state index in [2.05, 4.69) is 5.32 Å². The van der Waals surface area contributed by atoms with Crippen LogP contribution in [0.1, 0.15) is 12.8 Å². The maximum Gasteiger partial charge on any atom is 0.235 e. The molecule has 0 aromatic heterocycles. The molecule has 0 unspecified atom stereocenters. The average molecular weight is 289 g/mol. The summed E-state index contributed by atoms with van der Waals surface area (Å²) in [7, 11) is -3.14. The van der Waals surface area contributed by atoms with Gasteiger partial charge in [0.2, 0.25) is 10.0 Å². The lowest BCUT2D eigenvalue weighted by molar-refractivity contribution is 0.587. The summed E-state index contributed by atoms with van der Waals surface area (Å²) in [6.07, 6.45) is 2.12. The first-order chi connectivity index (χ1) is 8.17. The molecular formula is C12H17ClN2O2S. The summed E-state index contributed by atoms with van der Waals surface area (Å²) in [5, 5.41) is 3.23. The van der Waals surface area contributed by atoms with Crippen molar-refractivity contribution >= 4 is 33.8 Å². The van der Waals surface area contributed by atoms with E-state index in [-0.39, 0.29) is 12.4 Å². The Labute approximate surface area is 114 Å². The quantitative estimate of drug-likeness (QED) is 0.926. The van der Waals surface area contributed by atoms with Crippen molar-refractivity contribution in [3.63, 3.8) is 0 Å². The zero-order valence-electron chi connectivity index (χ0n) is 10.0. The van der Waals surface area contributed by atoms with E-state index in [1.807, 2.05) is 24.3 Å². The van der Waals surface area contributed by atoms with Gasteiger partial charge >= 0.3 is 0 Å². The molecule has 0 saturated heterocycles. The number of anilines is 2. The van der Waals surface area contributed by atoms with Crippen LogP contribution in [0.15, 0.2) is 24.3 Å². The molecule has 1 aliphatic carbocycles. The largest absolute Gasteiger partial charge is 0.382 e. The van der Waals surface area contributed by atoms with Crippen LogP contribution in [0.5, 0.6) is 0 Å². The molecule has 1 aromatic rings. The van der Waals surface area contributed by atoms with Gasteiger partial charge in [-0.25, -0.2) is 8.42 Å². The Bertz CT molecular complexity index is 529. The third-order valence-corrected chi connectivity index (χ3v) is 5.23. The molecule has 4 nitrogen and oxygen atoms in total. The molecule has 100 valence electrons. The standard InChI is InChI=1S/C12H16N2O2S.ClH/c15-17(16,9-10-5-6-10)14-8-7-13-11-3-1-2-4-12(11)14;/h1-4,10,13H,5-9H2;1H. The number of rotatable bonds is 3. The Balaban J connectivity index is 0.00000120. The summed E-state index contributed by atoms with van der Waals surface area (Å²) in [6.45, 7) is 1.22. The molecule has 1 heterocycles. The second kappa shape index (κ2) is 4.97. The number of para-hydroxylation sites is 2. The van der Waals surface area contributed by atoms with E-state index in [1.165, 1.54) is 0 Å². The van der Waals surface area contributed by atoms with E-state index in [9.17, 15) is 8.42 Å². The molecule has 1 N–H and O–H groups in total. The van der Waals surface area contributed by atoms with Gasteiger partial charge in [-0.1, -0.05) is 12.1 Å². The van der Waals surface area contributed by atoms with Crippen LogP contribution in [0, 0.1) is 5.92 Å². The Hall–Kier alpha value is -0.940. The van der Waals surface area contributed by atoms with Crippen molar-refractivity contribution in [3.8, 4) is 0 Å². The SMILES string of the molecule is Cl.O=S(=O)(CC1CC1)N1CCNc2ccccc21. The number of halogens is 1. The smallest absolute Gasteiger partial charge is 0.235 e. The molecule has 1 saturated carbocycles. The van der Waals surface area contributed by atoms with Gasteiger partial charge in [0.15, 0.2) is 0 Å². The fraction of sp³-hybridized carbons (Fsp3) is 0.500. The summed E-state index contributed by atoms with van der Waals surface area (Å²) in [5.74, 6) is 0.698. The molecule has 1 aromatic carbocycles. The van der Waals surface area contributed by atoms with Crippen LogP contribution in [-0.4, -0.2) is 27.3 Å². The lowest BCUT2D eigenvalue weighted by atomic mass is 10.2. The van der Waals surface area contributed by atoms with E-state index in [1.54, 1.807) is 4.31 Å². The van der Waals surface area contributed by atoms with Crippen LogP contribution in [-0.2, 0) is 10.0 Å². The lowest BCUT2D eigenvalue weighted by Crippen LogP contribution is -2.40. The lowest BCUT2D eigenvalue weighted by Gasteiger charge is -2.31. The molecule has 18 heavy (non-hydrogen) atoms. The first kappa shape index (κ1) is 13.5. The Morgan fingerprint density at radius 1 is 1.28 bits per heavy atom. The van der Waals surface area contributed by atoms with Crippen LogP contribution >= 0.6 is 12.4 Å². The van der Waals surface area contributed by atoms with Crippen molar-refractivity contribution in [2.24, 2.45) is 5.92 Å². The Morgan fingerprint density at radius 2 is 2.00 bits per heavy atom. The fourth-order valence-electron chi connectivity index (χ4n) is 2.21. The maximum absolute atomic E-state index is 12.3. The normalized spacial score (nSPS) is 18.6. The van der Waals surface area contributed by atoms with Crippen molar-refractivity contribution in [1.29, 1.82) is 0 Å². The second-order valence-corrected chi connectivity index (χ2v) is 6.68. The maximum atomic E-state index is 12.3. The molecule has 6 heteroatoms. The van der Waals surface area contributed by atoms with Crippen LogP contribution in [0.2, 0.25) is 0 Å². The molecule has 0 atom stereocenters. The minimum atomic E-state index is -3.14. The number of nitrogens with zero attached hydrogens (tertiary/aromatic N) is 1. The number of sulfonamides is 1. The van der Waals surface area contributed by atoms with Gasteiger partial charge in [-0.2, -0.15) is 0 Å². The predicted octanol–water partition coefficient (Wildman–Crippen LogP) is 2.08. The number of hydrogen-bond acceptors (Lipinski definition) is 3. The first-order valence-electron chi connectivity index (χ1n) is 6.00. The average Bonchev–Trinajstić information content (AvgIpc) is 3.11. The molecule has 1 aliphatic heterocycles. The van der Waals surface area contributed by atoms with E-state index < -0.39 is 10.0 Å². The topological polar surface area (TPSA) is 49.4 Å². The molecule has 0 spiro atoms. The van der Waals surface area contributed by atoms with Gasteiger partial charge in [0.1, 0.15) is 0 Å². The van der Waals surface area contributed by atoms with Gasteiger partial charge in [-0.15, -0.1) is 12.4 Å². The number of fused-ring (bicyclic) bond motifs is 1. The van der Waals surface area contributed by atoms with Crippen molar-refractivity contribution in [2.75, 3.05) is 28.5 Å². The van der Waals surface area contributed by atoms with E-state index in [0.717, 1.165) is 24.2 Å². The summed E-state index contributed by atoms with van der Waals surface area (Å²) in [4.78, 5) is 0. The van der Waals surface area contributed by atoms with Crippen LogP contribution < -0.4 is 9.62 Å². The fourth-order valence-corrected chi connectivity index (χ4v) is 4.15. The Morgan fingerprint density at radius 3 is 2.72 bits per heavy atom. The predicted molar refractivity (Wildman–Crippen MR) is 76.0 cm³/mol. The molecule has 0 radical (unpaired) electrons. The van der Waals surface area contributed by atoms with Gasteiger partial charge in [-0.3, -0.25) is 4.31 Å². The summed E-state index contributed by atoms with van der Waals surface area (Å²) >= 11 is 0. The van der Waals surface area contributed by atoms with Gasteiger partial charge in [0, 0.05) is 6.54 Å². The summed E-state index contributed by atoms with van der Waals surface area (Å²) in [6, 6.07) is 7.59. The first-order valence-corrected chi connectivity index (χ1v) is 7.61. The van der Waals surface area contributed by atoms with Crippen molar-refractivity contribution in [2.45, 2.75) is 12.8 Å². The van der Waals surface area contributed by atoms with E-state index >= 15 is 0 Å². The van der Waals surface area contributed by atoms with Gasteiger partial charge in [0.25, 0.3) is 0 Å². The van der Waals surface area contributed by atoms with Crippen molar-refractivity contribution < 1.29 is 8.42 Å². The van der Waals surface area contributed by atoms with E-state index in [0.29, 0.717) is 24.8 Å². The van der Waals surface area contributed by atoms with Gasteiger partial charge < -0.3 is 5.32 Å². The molecule has 2 aliphatic rings. The van der Waals surface area contributed by atoms with Crippen LogP contribution in [0.3, 0.4) is 0 Å². The van der Waals surface area contributed by atoms with Gasteiger partial charge in [-0.05, 0) is 30.9 Å². The minimum absolute atomic E-state index is 0. The highest BCUT2D eigenvalue weighted by Gasteiger charge is 2.33. The zero-order valence-corrected chi connectivity index (χ0v) is 11.6. The third kappa shape index (κ3) is 2.57. The molecule has 0 bridgehead atoms. The van der Waals surface area contributed by atoms with Crippen molar-refractivity contribution in [1.82, 2.24) is 0 Å². The van der Waals surface area contributed by atoms with Crippen LogP contribution in [0.25, 0.3) is 0 Å². The van der Waals surface area contributed by atoms with Gasteiger partial charge in [0.05, 0.1) is 23.7 Å². The second-order valence-electron chi connectivity index (χ2n) is 4.74.